The number of phenols is 1. The Kier molecular flexibility index (Phi) is 4.68. The van der Waals surface area contributed by atoms with Crippen molar-refractivity contribution < 1.29 is 19.4 Å². The van der Waals surface area contributed by atoms with Crippen LogP contribution in [0.2, 0.25) is 5.02 Å². The Morgan fingerprint density at radius 1 is 1.06 bits per heavy atom. The van der Waals surface area contributed by atoms with E-state index in [2.05, 4.69) is 4.98 Å². The highest BCUT2D eigenvalue weighted by molar-refractivity contribution is 6.30. The van der Waals surface area contributed by atoms with Crippen LogP contribution in [-0.2, 0) is 4.79 Å². The number of nitrogens with zero attached hydrogens (tertiary/aromatic N) is 1. The van der Waals surface area contributed by atoms with Crippen LogP contribution in [0.15, 0.2) is 72.9 Å². The molecule has 4 aromatic rings. The van der Waals surface area contributed by atoms with Gasteiger partial charge in [-0.15, -0.1) is 0 Å². The van der Waals surface area contributed by atoms with E-state index in [1.807, 2.05) is 30.3 Å². The first kappa shape index (κ1) is 19.3. The Hall–Kier alpha value is -3.70. The molecular weight excluding hydrogens is 414 g/mol. The first-order valence-electron chi connectivity index (χ1n) is 9.73. The third kappa shape index (κ3) is 3.43. The maximum atomic E-state index is 13.0. The zero-order valence-electron chi connectivity index (χ0n) is 16.2. The minimum atomic E-state index is -0.446. The third-order valence-electron chi connectivity index (χ3n) is 5.50. The first-order chi connectivity index (χ1) is 15.0. The number of ether oxygens (including phenoxy) is 1. The molecule has 0 bridgehead atoms. The van der Waals surface area contributed by atoms with Crippen molar-refractivity contribution in [3.05, 3.63) is 100 Å². The van der Waals surface area contributed by atoms with Crippen molar-refractivity contribution >= 4 is 34.3 Å². The number of carbonyl (C=O) groups is 2. The lowest BCUT2D eigenvalue weighted by molar-refractivity contribution is -0.135. The van der Waals surface area contributed by atoms with Crippen molar-refractivity contribution in [2.24, 2.45) is 0 Å². The first-order valence-corrected chi connectivity index (χ1v) is 10.1. The summed E-state index contributed by atoms with van der Waals surface area (Å²) in [5.74, 6) is -1.09. The molecule has 5 rings (SSSR count). The van der Waals surface area contributed by atoms with Gasteiger partial charge in [-0.05, 0) is 60.2 Å². The average molecular weight is 430 g/mol. The average Bonchev–Trinajstić information content (AvgIpc) is 2.78. The summed E-state index contributed by atoms with van der Waals surface area (Å²) in [5.41, 5.74) is 2.65. The van der Waals surface area contributed by atoms with Crippen LogP contribution in [0, 0.1) is 0 Å². The Balaban J connectivity index is 1.63. The van der Waals surface area contributed by atoms with E-state index in [9.17, 15) is 14.7 Å². The molecule has 1 atom stereocenters. The monoisotopic (exact) mass is 429 g/mol. The van der Waals surface area contributed by atoms with Crippen LogP contribution in [0.25, 0.3) is 10.9 Å². The van der Waals surface area contributed by atoms with Gasteiger partial charge in [0, 0.05) is 33.7 Å². The molecule has 2 heterocycles. The molecule has 1 aliphatic rings. The van der Waals surface area contributed by atoms with E-state index in [-0.39, 0.29) is 35.2 Å². The van der Waals surface area contributed by atoms with Gasteiger partial charge in [0.25, 0.3) is 0 Å². The molecule has 31 heavy (non-hydrogen) atoms. The minimum Gasteiger partial charge on any atom is -0.507 e. The number of fused-ring (bicyclic) bond motifs is 2. The number of aromatic nitrogens is 1. The van der Waals surface area contributed by atoms with E-state index >= 15 is 0 Å². The summed E-state index contributed by atoms with van der Waals surface area (Å²) in [7, 11) is 0. The van der Waals surface area contributed by atoms with Gasteiger partial charge in [-0.1, -0.05) is 23.7 Å². The van der Waals surface area contributed by atoms with Crippen LogP contribution in [0.5, 0.6) is 11.5 Å². The fourth-order valence-electron chi connectivity index (χ4n) is 3.98. The summed E-state index contributed by atoms with van der Waals surface area (Å²) < 4.78 is 5.37. The van der Waals surface area contributed by atoms with Gasteiger partial charge in [0.2, 0.25) is 0 Å². The van der Waals surface area contributed by atoms with Gasteiger partial charge in [-0.25, -0.2) is 0 Å². The number of rotatable bonds is 3. The molecule has 0 saturated heterocycles. The second-order valence-electron chi connectivity index (χ2n) is 7.40. The molecule has 152 valence electrons. The molecule has 6 heteroatoms. The molecule has 0 aliphatic carbocycles. The van der Waals surface area contributed by atoms with Crippen molar-refractivity contribution in [2.75, 3.05) is 0 Å². The fraction of sp³-hybridized carbons (Fsp3) is 0.0800. The van der Waals surface area contributed by atoms with Crippen LogP contribution in [-0.4, -0.2) is 21.8 Å². The molecule has 3 aromatic carbocycles. The molecule has 1 aromatic heterocycles. The number of aromatic hydroxyl groups is 1. The summed E-state index contributed by atoms with van der Waals surface area (Å²) >= 11 is 5.92. The largest absolute Gasteiger partial charge is 0.507 e. The van der Waals surface area contributed by atoms with Gasteiger partial charge in [0.1, 0.15) is 11.5 Å². The van der Waals surface area contributed by atoms with Crippen molar-refractivity contribution in [3.63, 3.8) is 0 Å². The van der Waals surface area contributed by atoms with E-state index in [1.54, 1.807) is 36.5 Å². The van der Waals surface area contributed by atoms with Gasteiger partial charge in [-0.2, -0.15) is 0 Å². The zero-order chi connectivity index (χ0) is 21.5. The Labute approximate surface area is 182 Å². The van der Waals surface area contributed by atoms with Gasteiger partial charge < -0.3 is 9.84 Å². The van der Waals surface area contributed by atoms with Gasteiger partial charge >= 0.3 is 5.97 Å². The standard InChI is InChI=1S/C25H16ClNO4/c26-17-6-3-14(4-7-17)24(29)18-8-10-21-23(25(18)30)19(13-22(28)31-21)15-5-9-20-16(12-15)2-1-11-27-20/h1-12,19,30H,13H2/t19-/m0/s1. The van der Waals surface area contributed by atoms with E-state index in [0.717, 1.165) is 16.5 Å². The lowest BCUT2D eigenvalue weighted by Crippen LogP contribution is -2.22. The zero-order valence-corrected chi connectivity index (χ0v) is 17.0. The molecule has 0 spiro atoms. The molecule has 1 aliphatic heterocycles. The number of benzene rings is 3. The summed E-state index contributed by atoms with van der Waals surface area (Å²) in [6.45, 7) is 0. The number of pyridine rings is 1. The summed E-state index contributed by atoms with van der Waals surface area (Å²) in [6, 6.07) is 19.0. The lowest BCUT2D eigenvalue weighted by atomic mass is 9.83. The molecule has 0 radical (unpaired) electrons. The summed E-state index contributed by atoms with van der Waals surface area (Å²) in [5, 5.41) is 12.5. The fourth-order valence-corrected chi connectivity index (χ4v) is 4.11. The number of carbonyl (C=O) groups excluding carboxylic acids is 2. The topological polar surface area (TPSA) is 76.5 Å². The van der Waals surface area contributed by atoms with Crippen molar-refractivity contribution in [2.45, 2.75) is 12.3 Å². The molecule has 0 unspecified atom stereocenters. The highest BCUT2D eigenvalue weighted by Crippen LogP contribution is 2.46. The molecule has 0 saturated carbocycles. The number of esters is 1. The third-order valence-corrected chi connectivity index (χ3v) is 5.75. The molecule has 5 nitrogen and oxygen atoms in total. The minimum absolute atomic E-state index is 0.0604. The summed E-state index contributed by atoms with van der Waals surface area (Å²) in [4.78, 5) is 29.6. The number of ketones is 1. The van der Waals surface area contributed by atoms with Crippen molar-refractivity contribution in [1.29, 1.82) is 0 Å². The van der Waals surface area contributed by atoms with E-state index in [0.29, 0.717) is 16.1 Å². The summed E-state index contributed by atoms with van der Waals surface area (Å²) in [6.07, 6.45) is 1.78. The maximum Gasteiger partial charge on any atom is 0.312 e. The quantitative estimate of drug-likeness (QED) is 0.273. The SMILES string of the molecule is O=C1C[C@@H](c2ccc3ncccc3c2)c2c(ccc(C(=O)c3ccc(Cl)cc3)c2O)O1. The predicted octanol–water partition coefficient (Wildman–Crippen LogP) is 5.27. The number of hydrogen-bond acceptors (Lipinski definition) is 5. The van der Waals surface area contributed by atoms with Crippen LogP contribution in [0.3, 0.4) is 0 Å². The van der Waals surface area contributed by atoms with Crippen LogP contribution in [0.1, 0.15) is 39.4 Å². The van der Waals surface area contributed by atoms with Gasteiger partial charge in [0.15, 0.2) is 5.78 Å². The van der Waals surface area contributed by atoms with Crippen LogP contribution < -0.4 is 4.74 Å². The van der Waals surface area contributed by atoms with Gasteiger partial charge in [0.05, 0.1) is 17.5 Å². The Morgan fingerprint density at radius 2 is 1.87 bits per heavy atom. The van der Waals surface area contributed by atoms with E-state index < -0.39 is 5.92 Å². The van der Waals surface area contributed by atoms with Crippen LogP contribution >= 0.6 is 11.6 Å². The van der Waals surface area contributed by atoms with Crippen molar-refractivity contribution in [1.82, 2.24) is 4.98 Å². The molecular formula is C25H16ClNO4. The second kappa shape index (κ2) is 7.52. The number of phenolic OH excluding ortho intramolecular Hbond substituents is 1. The second-order valence-corrected chi connectivity index (χ2v) is 7.83. The van der Waals surface area contributed by atoms with Crippen molar-refractivity contribution in [3.8, 4) is 11.5 Å². The molecule has 0 amide bonds. The highest BCUT2D eigenvalue weighted by Gasteiger charge is 2.33. The number of hydrogen-bond donors (Lipinski definition) is 1. The Bertz CT molecular complexity index is 1350. The normalized spacial score (nSPS) is 15.4. The van der Waals surface area contributed by atoms with Crippen LogP contribution in [0.4, 0.5) is 0 Å². The van der Waals surface area contributed by atoms with E-state index in [4.69, 9.17) is 16.3 Å². The smallest absolute Gasteiger partial charge is 0.312 e. The van der Waals surface area contributed by atoms with Gasteiger partial charge in [-0.3, -0.25) is 14.6 Å². The van der Waals surface area contributed by atoms with E-state index in [1.165, 1.54) is 6.07 Å². The molecule has 1 N–H and O–H groups in total. The lowest BCUT2D eigenvalue weighted by Gasteiger charge is -2.26. The number of halogens is 1. The highest BCUT2D eigenvalue weighted by atomic mass is 35.5. The Morgan fingerprint density at radius 3 is 2.68 bits per heavy atom. The molecule has 0 fully saturated rings. The maximum absolute atomic E-state index is 13.0. The predicted molar refractivity (Wildman–Crippen MR) is 117 cm³/mol.